The number of urea groups is 1. The highest BCUT2D eigenvalue weighted by Crippen LogP contribution is 2.40. The Bertz CT molecular complexity index is 1250. The van der Waals surface area contributed by atoms with Crippen molar-refractivity contribution in [2.45, 2.75) is 12.7 Å². The topological polar surface area (TPSA) is 121 Å². The van der Waals surface area contributed by atoms with Crippen molar-refractivity contribution in [3.8, 4) is 11.5 Å². The predicted octanol–water partition coefficient (Wildman–Crippen LogP) is 4.09. The molecule has 2 amide bonds. The van der Waals surface area contributed by atoms with Crippen LogP contribution in [-0.4, -0.2) is 31.4 Å². The van der Waals surface area contributed by atoms with E-state index in [1.807, 2.05) is 0 Å². The van der Waals surface area contributed by atoms with Crippen LogP contribution < -0.4 is 15.4 Å². The SMILES string of the molecule is O=C(NCc1cn[nH]n1)Nc1cc(F)c(Oc2ccnc3[nH]cc(C(F)(F)F)c23)c(F)c1. The van der Waals surface area contributed by atoms with E-state index in [0.717, 1.165) is 24.4 Å². The van der Waals surface area contributed by atoms with Gasteiger partial charge in [-0.3, -0.25) is 0 Å². The lowest BCUT2D eigenvalue weighted by atomic mass is 10.2. The summed E-state index contributed by atoms with van der Waals surface area (Å²) >= 11 is 0. The summed E-state index contributed by atoms with van der Waals surface area (Å²) < 4.78 is 73.9. The molecule has 0 saturated carbocycles. The minimum absolute atomic E-state index is 0.00470. The fourth-order valence-electron chi connectivity index (χ4n) is 2.83. The summed E-state index contributed by atoms with van der Waals surface area (Å²) in [6, 6.07) is 1.79. The molecule has 0 unspecified atom stereocenters. The fourth-order valence-corrected chi connectivity index (χ4v) is 2.83. The minimum atomic E-state index is -4.75. The molecule has 0 aliphatic carbocycles. The quantitative estimate of drug-likeness (QED) is 0.339. The molecule has 0 saturated heterocycles. The van der Waals surface area contributed by atoms with Gasteiger partial charge in [0.05, 0.1) is 23.7 Å². The zero-order valence-electron chi connectivity index (χ0n) is 15.7. The molecule has 0 aliphatic rings. The van der Waals surface area contributed by atoms with Gasteiger partial charge in [-0.25, -0.2) is 18.6 Å². The van der Waals surface area contributed by atoms with Gasteiger partial charge in [-0.15, -0.1) is 0 Å². The number of nitrogens with one attached hydrogen (secondary N) is 4. The molecule has 9 nitrogen and oxygen atoms in total. The Kier molecular flexibility index (Phi) is 5.34. The Labute approximate surface area is 175 Å². The van der Waals surface area contributed by atoms with Gasteiger partial charge in [0.1, 0.15) is 17.1 Å². The highest BCUT2D eigenvalue weighted by Gasteiger charge is 2.35. The number of pyridine rings is 1. The van der Waals surface area contributed by atoms with Crippen molar-refractivity contribution in [2.75, 3.05) is 5.32 Å². The zero-order chi connectivity index (χ0) is 22.9. The van der Waals surface area contributed by atoms with Gasteiger partial charge in [-0.05, 0) is 6.07 Å². The van der Waals surface area contributed by atoms with Crippen LogP contribution >= 0.6 is 0 Å². The smallest absolute Gasteiger partial charge is 0.418 e. The molecule has 3 heterocycles. The summed E-state index contributed by atoms with van der Waals surface area (Å²) in [5.74, 6) is -3.88. The first-order valence-electron chi connectivity index (χ1n) is 8.82. The van der Waals surface area contributed by atoms with Gasteiger partial charge in [-0.1, -0.05) is 0 Å². The second kappa shape index (κ2) is 8.13. The van der Waals surface area contributed by atoms with Crippen molar-refractivity contribution >= 4 is 22.8 Å². The molecular formula is C18H12F5N7O2. The summed E-state index contributed by atoms with van der Waals surface area (Å²) in [6.07, 6.45) is -1.57. The summed E-state index contributed by atoms with van der Waals surface area (Å²) in [7, 11) is 0. The number of nitrogens with zero attached hydrogens (tertiary/aromatic N) is 3. The monoisotopic (exact) mass is 453 g/mol. The van der Waals surface area contributed by atoms with Crippen LogP contribution in [0.2, 0.25) is 0 Å². The van der Waals surface area contributed by atoms with E-state index in [0.29, 0.717) is 11.9 Å². The molecule has 3 aromatic heterocycles. The van der Waals surface area contributed by atoms with E-state index >= 15 is 0 Å². The number of aromatic nitrogens is 5. The molecular weight excluding hydrogens is 441 g/mol. The number of hydrogen-bond donors (Lipinski definition) is 4. The van der Waals surface area contributed by atoms with Gasteiger partial charge in [-0.2, -0.15) is 28.6 Å². The van der Waals surface area contributed by atoms with Gasteiger partial charge in [0, 0.05) is 30.2 Å². The summed E-state index contributed by atoms with van der Waals surface area (Å²) in [5, 5.41) is 13.8. The highest BCUT2D eigenvalue weighted by atomic mass is 19.4. The first-order valence-corrected chi connectivity index (χ1v) is 8.82. The number of amides is 2. The third-order valence-electron chi connectivity index (χ3n) is 4.20. The van der Waals surface area contributed by atoms with E-state index in [1.54, 1.807) is 0 Å². The normalized spacial score (nSPS) is 11.5. The Morgan fingerprint density at radius 2 is 1.94 bits per heavy atom. The molecule has 0 aliphatic heterocycles. The van der Waals surface area contributed by atoms with Crippen molar-refractivity contribution < 1.29 is 31.5 Å². The number of carbonyl (C=O) groups is 1. The molecule has 0 atom stereocenters. The maximum absolute atomic E-state index is 14.5. The maximum atomic E-state index is 14.5. The minimum Gasteiger partial charge on any atom is -0.450 e. The zero-order valence-corrected chi connectivity index (χ0v) is 15.7. The number of alkyl halides is 3. The number of anilines is 1. The number of halogens is 5. The molecule has 4 N–H and O–H groups in total. The number of aromatic amines is 2. The van der Waals surface area contributed by atoms with Crippen LogP contribution in [-0.2, 0) is 12.7 Å². The van der Waals surface area contributed by atoms with Crippen molar-refractivity contribution in [1.82, 2.24) is 30.7 Å². The van der Waals surface area contributed by atoms with E-state index in [9.17, 15) is 26.7 Å². The van der Waals surface area contributed by atoms with E-state index in [4.69, 9.17) is 4.74 Å². The molecule has 1 aromatic carbocycles. The number of hydrogen-bond acceptors (Lipinski definition) is 5. The van der Waals surface area contributed by atoms with Crippen molar-refractivity contribution in [1.29, 1.82) is 0 Å². The lowest BCUT2D eigenvalue weighted by molar-refractivity contribution is -0.136. The second-order valence-corrected chi connectivity index (χ2v) is 6.37. The molecule has 14 heteroatoms. The number of benzene rings is 1. The fraction of sp³-hybridized carbons (Fsp3) is 0.111. The van der Waals surface area contributed by atoms with Crippen molar-refractivity contribution in [3.63, 3.8) is 0 Å². The molecule has 4 rings (SSSR count). The van der Waals surface area contributed by atoms with Crippen LogP contribution in [0, 0.1) is 11.6 Å². The number of rotatable bonds is 5. The number of fused-ring (bicyclic) bond motifs is 1. The molecule has 0 radical (unpaired) electrons. The van der Waals surface area contributed by atoms with Crippen LogP contribution in [0.15, 0.2) is 36.8 Å². The standard InChI is InChI=1S/C18H12F5N7O2/c19-11-3-8(28-17(31)26-5-9-6-27-30-29-9)4-12(20)15(11)32-13-1-2-24-16-14(13)10(7-25-16)18(21,22)23/h1-4,6-7H,5H2,(H,24,25)(H2,26,28,31)(H,27,29,30). The number of ether oxygens (including phenoxy) is 1. The second-order valence-electron chi connectivity index (χ2n) is 6.37. The lowest BCUT2D eigenvalue weighted by Crippen LogP contribution is -2.28. The molecule has 4 aromatic rings. The average Bonchev–Trinajstić information content (AvgIpc) is 3.39. The van der Waals surface area contributed by atoms with E-state index in [2.05, 4.69) is 36.0 Å². The molecule has 166 valence electrons. The summed E-state index contributed by atoms with van der Waals surface area (Å²) in [6.45, 7) is 0.00470. The Morgan fingerprint density at radius 3 is 2.59 bits per heavy atom. The Hall–Kier alpha value is -4.23. The van der Waals surface area contributed by atoms with Crippen LogP contribution in [0.3, 0.4) is 0 Å². The summed E-state index contributed by atoms with van der Waals surface area (Å²) in [5.41, 5.74) is -1.09. The van der Waals surface area contributed by atoms with Crippen LogP contribution in [0.1, 0.15) is 11.3 Å². The predicted molar refractivity (Wildman–Crippen MR) is 99.8 cm³/mol. The third-order valence-corrected chi connectivity index (χ3v) is 4.20. The van der Waals surface area contributed by atoms with Gasteiger partial charge in [0.15, 0.2) is 17.4 Å². The Balaban J connectivity index is 1.56. The van der Waals surface area contributed by atoms with Gasteiger partial charge in [0.2, 0.25) is 0 Å². The molecule has 0 bridgehead atoms. The van der Waals surface area contributed by atoms with E-state index in [1.165, 1.54) is 6.20 Å². The van der Waals surface area contributed by atoms with Crippen LogP contribution in [0.25, 0.3) is 11.0 Å². The highest BCUT2D eigenvalue weighted by molar-refractivity contribution is 5.89. The Morgan fingerprint density at radius 1 is 1.19 bits per heavy atom. The van der Waals surface area contributed by atoms with Crippen LogP contribution in [0.5, 0.6) is 11.5 Å². The number of H-pyrrole nitrogens is 2. The number of carbonyl (C=O) groups excluding carboxylic acids is 1. The van der Waals surface area contributed by atoms with Gasteiger partial charge in [0.25, 0.3) is 0 Å². The van der Waals surface area contributed by atoms with E-state index < -0.39 is 46.3 Å². The maximum Gasteiger partial charge on any atom is 0.418 e. The van der Waals surface area contributed by atoms with Gasteiger partial charge < -0.3 is 20.4 Å². The average molecular weight is 453 g/mol. The first-order chi connectivity index (χ1) is 15.2. The van der Waals surface area contributed by atoms with Crippen molar-refractivity contribution in [2.24, 2.45) is 0 Å². The largest absolute Gasteiger partial charge is 0.450 e. The summed E-state index contributed by atoms with van der Waals surface area (Å²) in [4.78, 5) is 18.0. The van der Waals surface area contributed by atoms with Crippen molar-refractivity contribution in [3.05, 3.63) is 59.7 Å². The molecule has 32 heavy (non-hydrogen) atoms. The van der Waals surface area contributed by atoms with Crippen LogP contribution in [0.4, 0.5) is 32.4 Å². The lowest BCUT2D eigenvalue weighted by Gasteiger charge is -2.13. The first kappa shape index (κ1) is 21.0. The molecule has 0 spiro atoms. The van der Waals surface area contributed by atoms with E-state index in [-0.39, 0.29) is 17.9 Å². The third kappa shape index (κ3) is 4.28. The molecule has 0 fully saturated rings. The van der Waals surface area contributed by atoms with Gasteiger partial charge >= 0.3 is 12.2 Å².